The molecule has 0 atom stereocenters. The molecule has 1 saturated heterocycles. The maximum atomic E-state index is 12.2. The number of amides is 2. The standard InChI is InChI=1S/C17H21BrN2O2/c1-3-16(21)19(2)12-17(22)20-9-7-13(8-10-20)14-5-4-6-15(18)11-14/h3-6,11,13H,1,7-10,12H2,2H3. The zero-order valence-electron chi connectivity index (χ0n) is 12.8. The van der Waals surface area contributed by atoms with Crippen LogP contribution in [0, 0.1) is 0 Å². The van der Waals surface area contributed by atoms with Gasteiger partial charge >= 0.3 is 0 Å². The highest BCUT2D eigenvalue weighted by Crippen LogP contribution is 2.29. The predicted octanol–water partition coefficient (Wildman–Crippen LogP) is 2.80. The fourth-order valence-electron chi connectivity index (χ4n) is 2.76. The van der Waals surface area contributed by atoms with E-state index in [1.54, 1.807) is 7.05 Å². The van der Waals surface area contributed by atoms with Crippen LogP contribution in [-0.4, -0.2) is 48.3 Å². The zero-order valence-corrected chi connectivity index (χ0v) is 14.4. The van der Waals surface area contributed by atoms with E-state index in [4.69, 9.17) is 0 Å². The van der Waals surface area contributed by atoms with Gasteiger partial charge in [0.05, 0.1) is 6.54 Å². The molecule has 1 aromatic carbocycles. The first kappa shape index (κ1) is 16.7. The van der Waals surface area contributed by atoms with Gasteiger partial charge in [-0.05, 0) is 42.5 Å². The summed E-state index contributed by atoms with van der Waals surface area (Å²) >= 11 is 3.50. The summed E-state index contributed by atoms with van der Waals surface area (Å²) in [7, 11) is 1.62. The molecule has 1 aromatic rings. The van der Waals surface area contributed by atoms with E-state index in [0.29, 0.717) is 5.92 Å². The molecular formula is C17H21BrN2O2. The van der Waals surface area contributed by atoms with E-state index in [9.17, 15) is 9.59 Å². The third-order valence-corrected chi connectivity index (χ3v) is 4.58. The van der Waals surface area contributed by atoms with Crippen molar-refractivity contribution in [3.8, 4) is 0 Å². The first-order valence-corrected chi connectivity index (χ1v) is 8.21. The molecule has 0 N–H and O–H groups in total. The van der Waals surface area contributed by atoms with E-state index >= 15 is 0 Å². The van der Waals surface area contributed by atoms with E-state index in [1.165, 1.54) is 16.5 Å². The van der Waals surface area contributed by atoms with E-state index in [1.807, 2.05) is 17.0 Å². The molecule has 0 spiro atoms. The predicted molar refractivity (Wildman–Crippen MR) is 90.5 cm³/mol. The summed E-state index contributed by atoms with van der Waals surface area (Å²) in [6.45, 7) is 5.03. The fraction of sp³-hybridized carbons (Fsp3) is 0.412. The number of likely N-dealkylation sites (tertiary alicyclic amines) is 1. The van der Waals surface area contributed by atoms with Crippen molar-refractivity contribution in [3.63, 3.8) is 0 Å². The summed E-state index contributed by atoms with van der Waals surface area (Å²) in [6.07, 6.45) is 3.15. The Balaban J connectivity index is 1.88. The van der Waals surface area contributed by atoms with Crippen LogP contribution in [0.2, 0.25) is 0 Å². The van der Waals surface area contributed by atoms with Crippen LogP contribution in [0.1, 0.15) is 24.3 Å². The van der Waals surface area contributed by atoms with Gasteiger partial charge in [0.25, 0.3) is 0 Å². The number of piperidine rings is 1. The van der Waals surface area contributed by atoms with Crippen molar-refractivity contribution in [2.24, 2.45) is 0 Å². The maximum absolute atomic E-state index is 12.2. The van der Waals surface area contributed by atoms with Gasteiger partial charge in [0.2, 0.25) is 11.8 Å². The largest absolute Gasteiger partial charge is 0.341 e. The highest BCUT2D eigenvalue weighted by atomic mass is 79.9. The van der Waals surface area contributed by atoms with Crippen LogP contribution in [-0.2, 0) is 9.59 Å². The summed E-state index contributed by atoms with van der Waals surface area (Å²) < 4.78 is 1.09. The third kappa shape index (κ3) is 4.19. The Bertz CT molecular complexity index is 566. The number of hydrogen-bond donors (Lipinski definition) is 0. The topological polar surface area (TPSA) is 40.6 Å². The minimum Gasteiger partial charge on any atom is -0.341 e. The van der Waals surface area contributed by atoms with Crippen LogP contribution in [0.15, 0.2) is 41.4 Å². The molecule has 1 aliphatic rings. The van der Waals surface area contributed by atoms with Crippen LogP contribution in [0.25, 0.3) is 0 Å². The number of halogens is 1. The Morgan fingerprint density at radius 3 is 2.68 bits per heavy atom. The molecule has 0 radical (unpaired) electrons. The van der Waals surface area contributed by atoms with E-state index in [-0.39, 0.29) is 18.4 Å². The van der Waals surface area contributed by atoms with Crippen LogP contribution < -0.4 is 0 Å². The fourth-order valence-corrected chi connectivity index (χ4v) is 3.18. The lowest BCUT2D eigenvalue weighted by Crippen LogP contribution is -2.44. The summed E-state index contributed by atoms with van der Waals surface area (Å²) in [4.78, 5) is 26.9. The molecule has 5 heteroatoms. The molecule has 2 amide bonds. The molecule has 4 nitrogen and oxygen atoms in total. The molecule has 0 aromatic heterocycles. The Morgan fingerprint density at radius 2 is 2.09 bits per heavy atom. The Hall–Kier alpha value is -1.62. The summed E-state index contributed by atoms with van der Waals surface area (Å²) in [5.74, 6) is 0.275. The normalized spacial score (nSPS) is 15.5. The summed E-state index contributed by atoms with van der Waals surface area (Å²) in [5, 5.41) is 0. The second-order valence-electron chi connectivity index (χ2n) is 5.61. The first-order chi connectivity index (χ1) is 10.5. The smallest absolute Gasteiger partial charge is 0.246 e. The van der Waals surface area contributed by atoms with E-state index in [2.05, 4.69) is 34.6 Å². The van der Waals surface area contributed by atoms with Crippen LogP contribution >= 0.6 is 15.9 Å². The van der Waals surface area contributed by atoms with Gasteiger partial charge in [0.15, 0.2) is 0 Å². The number of benzene rings is 1. The maximum Gasteiger partial charge on any atom is 0.246 e. The van der Waals surface area contributed by atoms with Gasteiger partial charge in [0, 0.05) is 24.6 Å². The first-order valence-electron chi connectivity index (χ1n) is 7.42. The Morgan fingerprint density at radius 1 is 1.41 bits per heavy atom. The van der Waals surface area contributed by atoms with Crippen molar-refractivity contribution in [2.75, 3.05) is 26.7 Å². The quantitative estimate of drug-likeness (QED) is 0.770. The Kier molecular flexibility index (Phi) is 5.77. The number of likely N-dealkylation sites (N-methyl/N-ethyl adjacent to an activating group) is 1. The molecule has 1 heterocycles. The average molecular weight is 365 g/mol. The van der Waals surface area contributed by atoms with Crippen LogP contribution in [0.5, 0.6) is 0 Å². The zero-order chi connectivity index (χ0) is 16.1. The molecular weight excluding hydrogens is 344 g/mol. The SMILES string of the molecule is C=CC(=O)N(C)CC(=O)N1CCC(c2cccc(Br)c2)CC1. The lowest BCUT2D eigenvalue weighted by atomic mass is 9.89. The minimum absolute atomic E-state index is 0.00499. The van der Waals surface area contributed by atoms with Gasteiger partial charge in [-0.15, -0.1) is 0 Å². The van der Waals surface area contributed by atoms with Crippen molar-refractivity contribution in [1.29, 1.82) is 0 Å². The number of carbonyl (C=O) groups excluding carboxylic acids is 2. The highest BCUT2D eigenvalue weighted by Gasteiger charge is 2.24. The number of hydrogen-bond acceptors (Lipinski definition) is 2. The average Bonchev–Trinajstić information content (AvgIpc) is 2.54. The lowest BCUT2D eigenvalue weighted by molar-refractivity contribution is -0.138. The second kappa shape index (κ2) is 7.58. The molecule has 22 heavy (non-hydrogen) atoms. The number of rotatable bonds is 4. The van der Waals surface area contributed by atoms with Gasteiger partial charge in [0.1, 0.15) is 0 Å². The summed E-state index contributed by atoms with van der Waals surface area (Å²) in [5.41, 5.74) is 1.32. The molecule has 0 saturated carbocycles. The monoisotopic (exact) mass is 364 g/mol. The van der Waals surface area contributed by atoms with Crippen molar-refractivity contribution in [2.45, 2.75) is 18.8 Å². The number of carbonyl (C=O) groups is 2. The summed E-state index contributed by atoms with van der Waals surface area (Å²) in [6, 6.07) is 8.36. The third-order valence-electron chi connectivity index (χ3n) is 4.09. The molecule has 0 bridgehead atoms. The molecule has 1 aliphatic heterocycles. The van der Waals surface area contributed by atoms with Gasteiger partial charge in [-0.1, -0.05) is 34.6 Å². The molecule has 0 unspecified atom stereocenters. The molecule has 1 fully saturated rings. The second-order valence-corrected chi connectivity index (χ2v) is 6.52. The van der Waals surface area contributed by atoms with Crippen molar-refractivity contribution < 1.29 is 9.59 Å². The highest BCUT2D eigenvalue weighted by molar-refractivity contribution is 9.10. The minimum atomic E-state index is -0.225. The van der Waals surface area contributed by atoms with E-state index < -0.39 is 0 Å². The van der Waals surface area contributed by atoms with Gasteiger partial charge < -0.3 is 9.80 Å². The molecule has 118 valence electrons. The van der Waals surface area contributed by atoms with Crippen LogP contribution in [0.3, 0.4) is 0 Å². The van der Waals surface area contributed by atoms with E-state index in [0.717, 1.165) is 30.4 Å². The van der Waals surface area contributed by atoms with Gasteiger partial charge in [-0.25, -0.2) is 0 Å². The lowest BCUT2D eigenvalue weighted by Gasteiger charge is -2.33. The van der Waals surface area contributed by atoms with Gasteiger partial charge in [-0.2, -0.15) is 0 Å². The molecule has 0 aliphatic carbocycles. The van der Waals surface area contributed by atoms with Crippen molar-refractivity contribution in [1.82, 2.24) is 9.80 Å². The molecule has 2 rings (SSSR count). The van der Waals surface area contributed by atoms with Crippen molar-refractivity contribution >= 4 is 27.7 Å². The van der Waals surface area contributed by atoms with Crippen LogP contribution in [0.4, 0.5) is 0 Å². The van der Waals surface area contributed by atoms with Gasteiger partial charge in [-0.3, -0.25) is 9.59 Å². The van der Waals surface area contributed by atoms with Crippen molar-refractivity contribution in [3.05, 3.63) is 47.0 Å². The Labute approximate surface area is 139 Å². The number of nitrogens with zero attached hydrogens (tertiary/aromatic N) is 2.